The Morgan fingerprint density at radius 1 is 0.882 bits per heavy atom. The third-order valence-electron chi connectivity index (χ3n) is 4.53. The Morgan fingerprint density at radius 3 is 2.06 bits per heavy atom. The minimum Gasteiger partial charge on any atom is -0.494 e. The number of Topliss-reactive ketones (excluding diaryl/α,β-unsaturated/α-hetero) is 1. The zero-order chi connectivity index (χ0) is 24.8. The summed E-state index contributed by atoms with van der Waals surface area (Å²) in [6.07, 6.45) is 4.92. The largest absolute Gasteiger partial charge is 0.494 e. The van der Waals surface area contributed by atoms with Gasteiger partial charge in [-0.25, -0.2) is 9.59 Å². The van der Waals surface area contributed by atoms with Gasteiger partial charge in [-0.2, -0.15) is 0 Å². The molecule has 0 aromatic heterocycles. The summed E-state index contributed by atoms with van der Waals surface area (Å²) in [5.74, 6) is -0.436. The highest BCUT2D eigenvalue weighted by molar-refractivity contribution is 7.99. The van der Waals surface area contributed by atoms with Crippen molar-refractivity contribution < 1.29 is 28.7 Å². The molecule has 180 valence electrons. The predicted octanol–water partition coefficient (Wildman–Crippen LogP) is 5.63. The van der Waals surface area contributed by atoms with E-state index in [9.17, 15) is 14.4 Å². The van der Waals surface area contributed by atoms with Crippen LogP contribution in [-0.4, -0.2) is 36.6 Å². The lowest BCUT2D eigenvalue weighted by Crippen LogP contribution is -2.11. The van der Waals surface area contributed by atoms with Crippen molar-refractivity contribution in [2.75, 3.05) is 13.2 Å². The van der Waals surface area contributed by atoms with Crippen molar-refractivity contribution in [3.8, 4) is 5.75 Å². The maximum Gasteiger partial charge on any atom is 0.331 e. The third-order valence-corrected chi connectivity index (χ3v) is 5.55. The van der Waals surface area contributed by atoms with E-state index >= 15 is 0 Å². The molecule has 2 aromatic rings. The third kappa shape index (κ3) is 10.0. The van der Waals surface area contributed by atoms with Crippen molar-refractivity contribution >= 4 is 35.2 Å². The predicted molar refractivity (Wildman–Crippen MR) is 131 cm³/mol. The molecule has 2 rings (SSSR count). The van der Waals surface area contributed by atoms with Crippen LogP contribution in [0.25, 0.3) is 0 Å². The number of oxime groups is 1. The van der Waals surface area contributed by atoms with Crippen LogP contribution in [0.15, 0.2) is 76.1 Å². The number of hydrogen-bond acceptors (Lipinski definition) is 8. The molecule has 0 saturated heterocycles. The summed E-state index contributed by atoms with van der Waals surface area (Å²) in [7, 11) is 0. The van der Waals surface area contributed by atoms with Crippen molar-refractivity contribution in [1.82, 2.24) is 0 Å². The molecule has 0 aliphatic heterocycles. The molecule has 34 heavy (non-hydrogen) atoms. The molecule has 0 saturated carbocycles. The number of carbonyl (C=O) groups is 3. The van der Waals surface area contributed by atoms with E-state index in [1.54, 1.807) is 23.9 Å². The van der Waals surface area contributed by atoms with E-state index in [4.69, 9.17) is 9.47 Å². The SMILES string of the molecule is C=CC(=O)OCCCCCCOc1ccc(Sc2ccc(C(=O)/C(C)=N/OC(C)=O)cc2)cc1. The standard InChI is InChI=1S/C26H29NO6S/c1-4-25(29)32-18-8-6-5-7-17-31-22-11-15-24(16-12-22)34-23-13-9-21(10-14-23)26(30)19(2)27-33-20(3)28/h4,9-16H,1,5-8,17-18H2,2-3H3/b27-19+. The smallest absolute Gasteiger partial charge is 0.331 e. The number of carbonyl (C=O) groups excluding carboxylic acids is 3. The number of rotatable bonds is 14. The number of ketones is 1. The molecule has 7 nitrogen and oxygen atoms in total. The van der Waals surface area contributed by atoms with Crippen molar-refractivity contribution in [1.29, 1.82) is 0 Å². The Balaban J connectivity index is 1.72. The molecule has 0 N–H and O–H groups in total. The minimum atomic E-state index is -0.573. The van der Waals surface area contributed by atoms with Gasteiger partial charge in [0.25, 0.3) is 0 Å². The molecule has 8 heteroatoms. The first kappa shape index (κ1) is 26.9. The molecule has 0 amide bonds. The molecule has 0 spiro atoms. The van der Waals surface area contributed by atoms with Gasteiger partial charge < -0.3 is 14.3 Å². The zero-order valence-electron chi connectivity index (χ0n) is 19.5. The van der Waals surface area contributed by atoms with Crippen molar-refractivity contribution in [2.45, 2.75) is 49.3 Å². The van der Waals surface area contributed by atoms with Crippen LogP contribution in [0.4, 0.5) is 0 Å². The molecule has 0 aliphatic carbocycles. The Bertz CT molecular complexity index is 999. The maximum atomic E-state index is 12.3. The van der Waals surface area contributed by atoms with Crippen LogP contribution in [0, 0.1) is 0 Å². The van der Waals surface area contributed by atoms with Crippen LogP contribution in [0.5, 0.6) is 5.75 Å². The van der Waals surface area contributed by atoms with Crippen molar-refractivity contribution in [3.05, 3.63) is 66.7 Å². The van der Waals surface area contributed by atoms with Gasteiger partial charge in [0.05, 0.1) is 13.2 Å². The summed E-state index contributed by atoms with van der Waals surface area (Å²) in [5, 5.41) is 3.53. The van der Waals surface area contributed by atoms with Crippen LogP contribution in [0.2, 0.25) is 0 Å². The second-order valence-corrected chi connectivity index (χ2v) is 8.47. The quantitative estimate of drug-likeness (QED) is 0.0654. The fourth-order valence-corrected chi connectivity index (χ4v) is 3.59. The first-order valence-corrected chi connectivity index (χ1v) is 11.8. The van der Waals surface area contributed by atoms with Gasteiger partial charge in [0.2, 0.25) is 5.78 Å². The number of esters is 1. The fraction of sp³-hybridized carbons (Fsp3) is 0.308. The Hall–Kier alpha value is -3.39. The van der Waals surface area contributed by atoms with Crippen molar-refractivity contribution in [2.24, 2.45) is 5.16 Å². The van der Waals surface area contributed by atoms with Gasteiger partial charge in [-0.3, -0.25) is 4.79 Å². The molecule has 0 heterocycles. The topological polar surface area (TPSA) is 91.3 Å². The van der Waals surface area contributed by atoms with Gasteiger partial charge in [0.15, 0.2) is 0 Å². The molecule has 0 bridgehead atoms. The second kappa shape index (κ2) is 14.7. The first-order chi connectivity index (χ1) is 16.4. The maximum absolute atomic E-state index is 12.3. The molecule has 0 aliphatic rings. The van der Waals surface area contributed by atoms with Crippen LogP contribution >= 0.6 is 11.8 Å². The number of ether oxygens (including phenoxy) is 2. The summed E-state index contributed by atoms with van der Waals surface area (Å²) >= 11 is 1.57. The number of unbranched alkanes of at least 4 members (excludes halogenated alkanes) is 3. The van der Waals surface area contributed by atoms with Gasteiger partial charge in [0.1, 0.15) is 11.5 Å². The summed E-state index contributed by atoms with van der Waals surface area (Å²) in [6.45, 7) is 7.14. The second-order valence-electron chi connectivity index (χ2n) is 7.32. The van der Waals surface area contributed by atoms with Gasteiger partial charge >= 0.3 is 11.9 Å². The molecular formula is C26H29NO6S. The van der Waals surface area contributed by atoms with Gasteiger partial charge in [0, 0.05) is 28.4 Å². The lowest BCUT2D eigenvalue weighted by Gasteiger charge is -2.08. The average molecular weight is 484 g/mol. The molecule has 2 aromatic carbocycles. The van der Waals surface area contributed by atoms with Gasteiger partial charge in [-0.15, -0.1) is 0 Å². The molecule has 0 atom stereocenters. The van der Waals surface area contributed by atoms with Crippen LogP contribution in [0.3, 0.4) is 0 Å². The van der Waals surface area contributed by atoms with E-state index in [-0.39, 0.29) is 17.5 Å². The molecule has 0 radical (unpaired) electrons. The van der Waals surface area contributed by atoms with E-state index in [2.05, 4.69) is 16.6 Å². The normalized spacial score (nSPS) is 10.9. The number of nitrogens with zero attached hydrogens (tertiary/aromatic N) is 1. The Labute approximate surface area is 204 Å². The van der Waals surface area contributed by atoms with Crippen molar-refractivity contribution in [3.63, 3.8) is 0 Å². The Morgan fingerprint density at radius 2 is 1.47 bits per heavy atom. The molecular weight excluding hydrogens is 454 g/mol. The molecule has 0 unspecified atom stereocenters. The lowest BCUT2D eigenvalue weighted by atomic mass is 10.1. The van der Waals surface area contributed by atoms with E-state index in [1.165, 1.54) is 19.9 Å². The Kier molecular flexibility index (Phi) is 11.6. The highest BCUT2D eigenvalue weighted by Gasteiger charge is 2.11. The first-order valence-electron chi connectivity index (χ1n) is 11.0. The monoisotopic (exact) mass is 483 g/mol. The summed E-state index contributed by atoms with van der Waals surface area (Å²) < 4.78 is 10.7. The van der Waals surface area contributed by atoms with Gasteiger partial charge in [-0.05, 0) is 81.1 Å². The zero-order valence-corrected chi connectivity index (χ0v) is 20.3. The van der Waals surface area contributed by atoms with E-state index in [0.29, 0.717) is 18.8 Å². The summed E-state index contributed by atoms with van der Waals surface area (Å²) in [6, 6.07) is 15.0. The summed E-state index contributed by atoms with van der Waals surface area (Å²) in [5.41, 5.74) is 0.583. The van der Waals surface area contributed by atoms with Crippen LogP contribution in [-0.2, 0) is 19.2 Å². The highest BCUT2D eigenvalue weighted by Crippen LogP contribution is 2.29. The highest BCUT2D eigenvalue weighted by atomic mass is 32.2. The number of benzene rings is 2. The molecule has 0 fully saturated rings. The van der Waals surface area contributed by atoms with E-state index < -0.39 is 5.97 Å². The fourth-order valence-electron chi connectivity index (χ4n) is 2.78. The summed E-state index contributed by atoms with van der Waals surface area (Å²) in [4.78, 5) is 40.6. The van der Waals surface area contributed by atoms with Gasteiger partial charge in [-0.1, -0.05) is 23.5 Å². The van der Waals surface area contributed by atoms with Crippen LogP contribution < -0.4 is 4.74 Å². The van der Waals surface area contributed by atoms with E-state index in [1.807, 2.05) is 36.4 Å². The van der Waals surface area contributed by atoms with Crippen LogP contribution in [0.1, 0.15) is 49.9 Å². The minimum absolute atomic E-state index is 0.111. The number of hydrogen-bond donors (Lipinski definition) is 0. The lowest BCUT2D eigenvalue weighted by molar-refractivity contribution is -0.141. The average Bonchev–Trinajstić information content (AvgIpc) is 2.84. The van der Waals surface area contributed by atoms with E-state index in [0.717, 1.165) is 41.2 Å².